The van der Waals surface area contributed by atoms with E-state index >= 15 is 0 Å². The highest BCUT2D eigenvalue weighted by Crippen LogP contribution is 2.28. The maximum atomic E-state index is 13.1. The number of nitro benzene ring substituents is 1. The second kappa shape index (κ2) is 9.90. The monoisotopic (exact) mass is 535 g/mol. The first kappa shape index (κ1) is 23.8. The predicted octanol–water partition coefficient (Wildman–Crippen LogP) is 4.91. The largest absolute Gasteiger partial charge is 0.489 e. The summed E-state index contributed by atoms with van der Waals surface area (Å²) in [5, 5.41) is 13.1. The Kier molecular flexibility index (Phi) is 6.74. The lowest BCUT2D eigenvalue weighted by Crippen LogP contribution is -2.54. The third kappa shape index (κ3) is 5.28. The molecule has 1 aliphatic rings. The minimum Gasteiger partial charge on any atom is -0.489 e. The van der Waals surface area contributed by atoms with Crippen LogP contribution in [0.3, 0.4) is 0 Å². The SMILES string of the molecule is Cc1cc(Br)ccc1N1C(=O)NC(=O)/C(=C/c2ccc(OCc3cccc([N+](=O)[O-])c3)cc2)C1=O. The Morgan fingerprint density at radius 3 is 2.49 bits per heavy atom. The molecule has 1 aliphatic heterocycles. The van der Waals surface area contributed by atoms with Gasteiger partial charge in [-0.1, -0.05) is 40.2 Å². The van der Waals surface area contributed by atoms with E-state index in [2.05, 4.69) is 21.2 Å². The van der Waals surface area contributed by atoms with Crippen LogP contribution in [0.2, 0.25) is 0 Å². The van der Waals surface area contributed by atoms with E-state index < -0.39 is 22.8 Å². The number of halogens is 1. The van der Waals surface area contributed by atoms with Gasteiger partial charge in [-0.2, -0.15) is 0 Å². The van der Waals surface area contributed by atoms with Crippen molar-refractivity contribution in [2.75, 3.05) is 4.90 Å². The molecule has 0 aromatic heterocycles. The number of imide groups is 2. The van der Waals surface area contributed by atoms with Crippen LogP contribution >= 0.6 is 15.9 Å². The number of non-ortho nitro benzene ring substituents is 1. The number of anilines is 1. The highest BCUT2D eigenvalue weighted by Gasteiger charge is 2.37. The number of amides is 4. The van der Waals surface area contributed by atoms with Crippen LogP contribution in [0.1, 0.15) is 16.7 Å². The van der Waals surface area contributed by atoms with Gasteiger partial charge in [-0.05, 0) is 60.0 Å². The molecule has 0 saturated carbocycles. The highest BCUT2D eigenvalue weighted by molar-refractivity contribution is 9.10. The number of rotatable bonds is 6. The van der Waals surface area contributed by atoms with Crippen molar-refractivity contribution in [2.45, 2.75) is 13.5 Å². The first-order valence-corrected chi connectivity index (χ1v) is 11.2. The van der Waals surface area contributed by atoms with Crippen molar-refractivity contribution >= 4 is 51.2 Å². The number of nitro groups is 1. The van der Waals surface area contributed by atoms with E-state index in [-0.39, 0.29) is 17.9 Å². The van der Waals surface area contributed by atoms with Crippen molar-refractivity contribution in [3.05, 3.63) is 104 Å². The number of ether oxygens (including phenoxy) is 1. The highest BCUT2D eigenvalue weighted by atomic mass is 79.9. The van der Waals surface area contributed by atoms with Crippen LogP contribution < -0.4 is 15.0 Å². The second-order valence-electron chi connectivity index (χ2n) is 7.67. The Morgan fingerprint density at radius 2 is 1.80 bits per heavy atom. The zero-order valence-corrected chi connectivity index (χ0v) is 19.9. The molecule has 176 valence electrons. The van der Waals surface area contributed by atoms with Gasteiger partial charge in [0, 0.05) is 16.6 Å². The van der Waals surface area contributed by atoms with E-state index in [9.17, 15) is 24.5 Å². The number of nitrogens with zero attached hydrogens (tertiary/aromatic N) is 2. The molecule has 0 unspecified atom stereocenters. The molecule has 3 aromatic carbocycles. The van der Waals surface area contributed by atoms with Crippen molar-refractivity contribution in [1.82, 2.24) is 5.32 Å². The topological polar surface area (TPSA) is 119 Å². The Bertz CT molecular complexity index is 1380. The molecule has 1 N–H and O–H groups in total. The fourth-order valence-electron chi connectivity index (χ4n) is 3.50. The van der Waals surface area contributed by atoms with Gasteiger partial charge >= 0.3 is 6.03 Å². The van der Waals surface area contributed by atoms with Gasteiger partial charge in [0.25, 0.3) is 17.5 Å². The summed E-state index contributed by atoms with van der Waals surface area (Å²) in [6.45, 7) is 1.89. The average molecular weight is 536 g/mol. The molecule has 0 aliphatic carbocycles. The third-order valence-electron chi connectivity index (χ3n) is 5.22. The number of urea groups is 1. The van der Waals surface area contributed by atoms with Crippen LogP contribution in [-0.4, -0.2) is 22.8 Å². The molecular formula is C25H18BrN3O6. The smallest absolute Gasteiger partial charge is 0.335 e. The predicted molar refractivity (Wildman–Crippen MR) is 132 cm³/mol. The average Bonchev–Trinajstić information content (AvgIpc) is 2.82. The molecule has 9 nitrogen and oxygen atoms in total. The zero-order valence-electron chi connectivity index (χ0n) is 18.4. The molecule has 0 spiro atoms. The fourth-order valence-corrected chi connectivity index (χ4v) is 3.97. The van der Waals surface area contributed by atoms with Gasteiger partial charge in [0.15, 0.2) is 0 Å². The van der Waals surface area contributed by atoms with E-state index in [4.69, 9.17) is 4.74 Å². The lowest BCUT2D eigenvalue weighted by Gasteiger charge is -2.27. The molecule has 4 rings (SSSR count). The fraction of sp³-hybridized carbons (Fsp3) is 0.0800. The van der Waals surface area contributed by atoms with Crippen LogP contribution in [0, 0.1) is 17.0 Å². The minimum absolute atomic E-state index is 0.0191. The number of nitrogens with one attached hydrogen (secondary N) is 1. The molecule has 1 fully saturated rings. The number of hydrogen-bond acceptors (Lipinski definition) is 6. The quantitative estimate of drug-likeness (QED) is 0.207. The molecule has 10 heteroatoms. The normalized spacial score (nSPS) is 14.7. The van der Waals surface area contributed by atoms with Gasteiger partial charge in [0.05, 0.1) is 10.6 Å². The lowest BCUT2D eigenvalue weighted by molar-refractivity contribution is -0.384. The summed E-state index contributed by atoms with van der Waals surface area (Å²) in [6, 6.07) is 17.0. The van der Waals surface area contributed by atoms with Crippen LogP contribution in [0.25, 0.3) is 6.08 Å². The van der Waals surface area contributed by atoms with Crippen molar-refractivity contribution in [1.29, 1.82) is 0 Å². The summed E-state index contributed by atoms with van der Waals surface area (Å²) in [6.07, 6.45) is 1.40. The van der Waals surface area contributed by atoms with E-state index in [1.807, 2.05) is 0 Å². The maximum Gasteiger partial charge on any atom is 0.335 e. The maximum absolute atomic E-state index is 13.1. The summed E-state index contributed by atoms with van der Waals surface area (Å²) in [4.78, 5) is 49.3. The van der Waals surface area contributed by atoms with Crippen LogP contribution in [0.15, 0.2) is 76.8 Å². The minimum atomic E-state index is -0.813. The van der Waals surface area contributed by atoms with E-state index in [1.165, 1.54) is 18.2 Å². The second-order valence-corrected chi connectivity index (χ2v) is 8.59. The molecule has 0 radical (unpaired) electrons. The van der Waals surface area contributed by atoms with Gasteiger partial charge in [-0.15, -0.1) is 0 Å². The summed E-state index contributed by atoms with van der Waals surface area (Å²) < 4.78 is 6.47. The number of benzene rings is 3. The molecule has 0 atom stereocenters. The van der Waals surface area contributed by atoms with Crippen LogP contribution in [0.5, 0.6) is 5.75 Å². The van der Waals surface area contributed by atoms with Crippen molar-refractivity contribution in [3.8, 4) is 5.75 Å². The number of carbonyl (C=O) groups excluding carboxylic acids is 3. The van der Waals surface area contributed by atoms with E-state index in [0.29, 0.717) is 28.1 Å². The number of carbonyl (C=O) groups is 3. The van der Waals surface area contributed by atoms with Crippen molar-refractivity contribution in [2.24, 2.45) is 0 Å². The summed E-state index contributed by atoms with van der Waals surface area (Å²) in [5.74, 6) is -1.01. The Hall–Kier alpha value is -4.31. The molecule has 1 heterocycles. The standard InChI is InChI=1S/C25H18BrN3O6/c1-15-11-18(26)7-10-22(15)28-24(31)21(23(30)27-25(28)32)13-16-5-8-20(9-6-16)35-14-17-3-2-4-19(12-17)29(33)34/h2-13H,14H2,1H3,(H,27,30,32)/b21-13-. The molecular weight excluding hydrogens is 518 g/mol. The van der Waals surface area contributed by atoms with Crippen molar-refractivity contribution < 1.29 is 24.0 Å². The molecule has 1 saturated heterocycles. The van der Waals surface area contributed by atoms with Gasteiger partial charge in [0.1, 0.15) is 17.9 Å². The summed E-state index contributed by atoms with van der Waals surface area (Å²) >= 11 is 3.35. The molecule has 4 amide bonds. The first-order valence-electron chi connectivity index (χ1n) is 10.4. The summed E-state index contributed by atoms with van der Waals surface area (Å²) in [7, 11) is 0. The summed E-state index contributed by atoms with van der Waals surface area (Å²) in [5.41, 5.74) is 2.04. The number of aryl methyl sites for hydroxylation is 1. The zero-order chi connectivity index (χ0) is 25.1. The number of hydrogen-bond donors (Lipinski definition) is 1. The Labute approximate surface area is 208 Å². The van der Waals surface area contributed by atoms with Gasteiger partial charge in [-0.3, -0.25) is 25.0 Å². The van der Waals surface area contributed by atoms with E-state index in [1.54, 1.807) is 61.5 Å². The Balaban J connectivity index is 1.51. The van der Waals surface area contributed by atoms with E-state index in [0.717, 1.165) is 9.37 Å². The van der Waals surface area contributed by atoms with Crippen LogP contribution in [0.4, 0.5) is 16.2 Å². The van der Waals surface area contributed by atoms with Gasteiger partial charge < -0.3 is 4.74 Å². The van der Waals surface area contributed by atoms with Gasteiger partial charge in [-0.25, -0.2) is 9.69 Å². The Morgan fingerprint density at radius 1 is 1.06 bits per heavy atom. The molecule has 35 heavy (non-hydrogen) atoms. The lowest BCUT2D eigenvalue weighted by atomic mass is 10.1. The number of barbiturate groups is 1. The van der Waals surface area contributed by atoms with Crippen LogP contribution in [-0.2, 0) is 16.2 Å². The van der Waals surface area contributed by atoms with Crippen molar-refractivity contribution in [3.63, 3.8) is 0 Å². The molecule has 0 bridgehead atoms. The van der Waals surface area contributed by atoms with Gasteiger partial charge in [0.2, 0.25) is 0 Å². The third-order valence-corrected chi connectivity index (χ3v) is 5.71. The molecule has 3 aromatic rings. The first-order chi connectivity index (χ1) is 16.7.